The molecule has 10 heteroatoms. The van der Waals surface area contributed by atoms with E-state index in [0.717, 1.165) is 11.3 Å². The van der Waals surface area contributed by atoms with Crippen LogP contribution in [-0.2, 0) is 17.6 Å². The van der Waals surface area contributed by atoms with Crippen LogP contribution in [0.2, 0.25) is 0 Å². The molecular weight excluding hydrogens is 460 g/mol. The Kier molecular flexibility index (Phi) is 8.05. The van der Waals surface area contributed by atoms with Gasteiger partial charge in [0, 0.05) is 45.1 Å². The molecule has 10 nitrogen and oxygen atoms in total. The van der Waals surface area contributed by atoms with Crippen LogP contribution in [0.3, 0.4) is 0 Å². The molecule has 0 saturated carbocycles. The number of likely N-dealkylation sites (N-methyl/N-ethyl adjacent to an activating group) is 1. The first-order valence-corrected chi connectivity index (χ1v) is 12.8. The number of benzene rings is 1. The Morgan fingerprint density at radius 3 is 2.50 bits per heavy atom. The number of aliphatic hydroxyl groups is 1. The molecule has 3 heterocycles. The third kappa shape index (κ3) is 4.62. The minimum Gasteiger partial charge on any atom is -0.395 e. The number of hydrazine groups is 1. The van der Waals surface area contributed by atoms with Crippen LogP contribution < -0.4 is 0 Å². The lowest BCUT2D eigenvalue weighted by molar-refractivity contribution is -0.151. The third-order valence-electron chi connectivity index (χ3n) is 6.98. The number of urea groups is 1. The minimum atomic E-state index is -1.06. The van der Waals surface area contributed by atoms with E-state index in [1.165, 1.54) is 11.2 Å². The first-order chi connectivity index (χ1) is 17.5. The van der Waals surface area contributed by atoms with Crippen LogP contribution in [0.1, 0.15) is 44.9 Å². The Hall–Kier alpha value is -3.24. The van der Waals surface area contributed by atoms with E-state index in [2.05, 4.69) is 5.16 Å². The van der Waals surface area contributed by atoms with E-state index in [1.807, 2.05) is 61.1 Å². The summed E-state index contributed by atoms with van der Waals surface area (Å²) < 4.78 is 4.99. The van der Waals surface area contributed by atoms with Crippen molar-refractivity contribution >= 4 is 17.8 Å². The maximum Gasteiger partial charge on any atom is 0.328 e. The summed E-state index contributed by atoms with van der Waals surface area (Å²) in [5.74, 6) is 0.471. The second-order valence-corrected chi connectivity index (χ2v) is 9.10. The van der Waals surface area contributed by atoms with Crippen LogP contribution in [0.4, 0.5) is 4.79 Å². The summed E-state index contributed by atoms with van der Waals surface area (Å²) in [6, 6.07) is 10.7. The summed E-state index contributed by atoms with van der Waals surface area (Å²) in [5.41, 5.74) is 0.739. The lowest BCUT2D eigenvalue weighted by atomic mass is 9.91. The van der Waals surface area contributed by atoms with E-state index in [4.69, 9.17) is 9.52 Å². The molecule has 0 bridgehead atoms. The Labute approximate surface area is 212 Å². The van der Waals surface area contributed by atoms with Gasteiger partial charge in [0.05, 0.1) is 12.3 Å². The van der Waals surface area contributed by atoms with Gasteiger partial charge in [-0.1, -0.05) is 56.3 Å². The zero-order chi connectivity index (χ0) is 25.7. The Balaban J connectivity index is 1.82. The summed E-state index contributed by atoms with van der Waals surface area (Å²) in [4.78, 5) is 36.1. The van der Waals surface area contributed by atoms with Crippen molar-refractivity contribution in [2.75, 3.05) is 32.8 Å². The quantitative estimate of drug-likeness (QED) is 0.481. The summed E-state index contributed by atoms with van der Waals surface area (Å²) in [5, 5.41) is 17.8. The predicted molar refractivity (Wildman–Crippen MR) is 135 cm³/mol. The number of hydrogen-bond acceptors (Lipinski definition) is 8. The van der Waals surface area contributed by atoms with Gasteiger partial charge in [-0.05, 0) is 18.4 Å². The summed E-state index contributed by atoms with van der Waals surface area (Å²) >= 11 is 0. The Morgan fingerprint density at radius 1 is 1.11 bits per heavy atom. The molecule has 1 fully saturated rings. The van der Waals surface area contributed by atoms with Crippen molar-refractivity contribution in [3.8, 4) is 0 Å². The van der Waals surface area contributed by atoms with Gasteiger partial charge < -0.3 is 9.63 Å². The summed E-state index contributed by atoms with van der Waals surface area (Å²) in [7, 11) is 0. The Bertz CT molecular complexity index is 1060. The monoisotopic (exact) mass is 496 g/mol. The van der Waals surface area contributed by atoms with Crippen molar-refractivity contribution in [2.24, 2.45) is 4.99 Å². The number of aliphatic hydroxyl groups excluding tert-OH is 1. The summed E-state index contributed by atoms with van der Waals surface area (Å²) in [6.07, 6.45) is 3.64. The molecule has 1 N–H and O–H groups in total. The van der Waals surface area contributed by atoms with Gasteiger partial charge in [0.1, 0.15) is 12.1 Å². The lowest BCUT2D eigenvalue weighted by Crippen LogP contribution is -2.74. The largest absolute Gasteiger partial charge is 0.395 e. The molecule has 2 aromatic rings. The molecular formula is C26H36N6O4. The molecule has 36 heavy (non-hydrogen) atoms. The van der Waals surface area contributed by atoms with Crippen LogP contribution in [-0.4, -0.2) is 92.3 Å². The van der Waals surface area contributed by atoms with Crippen LogP contribution in [0, 0.1) is 0 Å². The molecule has 2 aliphatic heterocycles. The van der Waals surface area contributed by atoms with Gasteiger partial charge in [-0.15, -0.1) is 0 Å². The fourth-order valence-electron chi connectivity index (χ4n) is 5.28. The first kappa shape index (κ1) is 25.8. The number of amides is 3. The highest BCUT2D eigenvalue weighted by Crippen LogP contribution is 2.41. The van der Waals surface area contributed by atoms with Crippen molar-refractivity contribution in [3.63, 3.8) is 0 Å². The standard InChI is InChI=1S/C26H36N6O4/c1-4-14-30-24(34)23-26(5-2,31(25(30)35)15-12-21-13-18-36-28-21)27-22(19-20-10-8-7-9-11-20)32(23)29(6-3)16-17-33/h7-11,13,18,23,33H,4-6,12,14-17,19H2,1-3H3. The maximum atomic E-state index is 14.0. The highest BCUT2D eigenvalue weighted by molar-refractivity contribution is 6.05. The number of amidine groups is 1. The van der Waals surface area contributed by atoms with Gasteiger partial charge in [-0.2, -0.15) is 0 Å². The number of rotatable bonds is 12. The molecule has 0 aliphatic carbocycles. The average Bonchev–Trinajstić information content (AvgIpc) is 3.52. The molecule has 1 saturated heterocycles. The normalized spacial score (nSPS) is 22.0. The van der Waals surface area contributed by atoms with Crippen molar-refractivity contribution in [1.82, 2.24) is 25.0 Å². The smallest absolute Gasteiger partial charge is 0.328 e. The van der Waals surface area contributed by atoms with Crippen LogP contribution in [0.15, 0.2) is 52.2 Å². The van der Waals surface area contributed by atoms with E-state index in [-0.39, 0.29) is 18.5 Å². The fourth-order valence-corrected chi connectivity index (χ4v) is 5.28. The lowest BCUT2D eigenvalue weighted by Gasteiger charge is -2.51. The molecule has 4 rings (SSSR count). The van der Waals surface area contributed by atoms with Crippen LogP contribution in [0.25, 0.3) is 0 Å². The third-order valence-corrected chi connectivity index (χ3v) is 6.98. The molecule has 194 valence electrons. The van der Waals surface area contributed by atoms with Gasteiger partial charge in [-0.3, -0.25) is 19.6 Å². The van der Waals surface area contributed by atoms with Gasteiger partial charge in [0.25, 0.3) is 5.91 Å². The van der Waals surface area contributed by atoms with E-state index >= 15 is 0 Å². The van der Waals surface area contributed by atoms with Crippen molar-refractivity contribution in [3.05, 3.63) is 53.9 Å². The fraction of sp³-hybridized carbons (Fsp3) is 0.538. The van der Waals surface area contributed by atoms with E-state index in [9.17, 15) is 14.7 Å². The van der Waals surface area contributed by atoms with Crippen LogP contribution >= 0.6 is 0 Å². The zero-order valence-electron chi connectivity index (χ0n) is 21.3. The van der Waals surface area contributed by atoms with E-state index in [0.29, 0.717) is 57.7 Å². The second-order valence-electron chi connectivity index (χ2n) is 9.10. The number of fused-ring (bicyclic) bond motifs is 1. The van der Waals surface area contributed by atoms with E-state index in [1.54, 1.807) is 11.0 Å². The van der Waals surface area contributed by atoms with Gasteiger partial charge in [0.2, 0.25) is 0 Å². The van der Waals surface area contributed by atoms with Crippen molar-refractivity contribution < 1.29 is 19.2 Å². The minimum absolute atomic E-state index is 0.0591. The first-order valence-electron chi connectivity index (χ1n) is 12.8. The maximum absolute atomic E-state index is 14.0. The molecule has 2 atom stereocenters. The van der Waals surface area contributed by atoms with Gasteiger partial charge >= 0.3 is 6.03 Å². The summed E-state index contributed by atoms with van der Waals surface area (Å²) in [6.45, 7) is 7.49. The average molecular weight is 497 g/mol. The van der Waals surface area contributed by atoms with Gasteiger partial charge in [-0.25, -0.2) is 14.8 Å². The van der Waals surface area contributed by atoms with Crippen molar-refractivity contribution in [2.45, 2.75) is 58.2 Å². The number of hydrogen-bond donors (Lipinski definition) is 1. The molecule has 3 amide bonds. The molecule has 2 unspecified atom stereocenters. The zero-order valence-corrected chi connectivity index (χ0v) is 21.3. The SMILES string of the molecule is CCCN1C(=O)C2N(N(CC)CCO)C(Cc3ccccc3)=NC2(CC)N(CCc2ccon2)C1=O. The van der Waals surface area contributed by atoms with E-state index < -0.39 is 11.7 Å². The molecule has 1 aromatic heterocycles. The van der Waals surface area contributed by atoms with Gasteiger partial charge in [0.15, 0.2) is 11.7 Å². The predicted octanol–water partition coefficient (Wildman–Crippen LogP) is 2.55. The molecule has 0 radical (unpaired) electrons. The van der Waals surface area contributed by atoms with Crippen molar-refractivity contribution in [1.29, 1.82) is 0 Å². The Morgan fingerprint density at radius 2 is 1.89 bits per heavy atom. The number of carbonyl (C=O) groups is 2. The number of imide groups is 1. The number of nitrogens with zero attached hydrogens (tertiary/aromatic N) is 6. The topological polar surface area (TPSA) is 106 Å². The highest BCUT2D eigenvalue weighted by atomic mass is 16.5. The second kappa shape index (κ2) is 11.2. The number of aliphatic imine (C=N–C) groups is 1. The molecule has 0 spiro atoms. The van der Waals surface area contributed by atoms with Crippen LogP contribution in [0.5, 0.6) is 0 Å². The number of carbonyl (C=O) groups excluding carboxylic acids is 2. The molecule has 1 aromatic carbocycles. The number of aromatic nitrogens is 1. The highest BCUT2D eigenvalue weighted by Gasteiger charge is 2.62. The molecule has 2 aliphatic rings.